The highest BCUT2D eigenvalue weighted by Crippen LogP contribution is 2.12. The fourth-order valence-corrected chi connectivity index (χ4v) is 6.23. The number of hydrogen-bond acceptors (Lipinski definition) is 6. The second-order valence-electron chi connectivity index (χ2n) is 15.8. The minimum atomic E-state index is -0.815. The van der Waals surface area contributed by atoms with E-state index in [0.717, 1.165) is 109 Å². The summed E-state index contributed by atoms with van der Waals surface area (Å²) in [7, 11) is 0. The molecular weight excluding hydrogens is 769 g/mol. The van der Waals surface area contributed by atoms with Crippen molar-refractivity contribution >= 4 is 17.9 Å². The average Bonchev–Trinajstić information content (AvgIpc) is 3.27. The van der Waals surface area contributed by atoms with E-state index >= 15 is 0 Å². The molecule has 0 bridgehead atoms. The predicted molar refractivity (Wildman–Crippen MR) is 265 cm³/mol. The second kappa shape index (κ2) is 49.5. The van der Waals surface area contributed by atoms with Crippen molar-refractivity contribution in [3.8, 4) is 0 Å². The van der Waals surface area contributed by atoms with Crippen LogP contribution >= 0.6 is 0 Å². The Balaban J connectivity index is 4.56. The van der Waals surface area contributed by atoms with Crippen LogP contribution in [0.1, 0.15) is 194 Å². The molecule has 0 rings (SSSR count). The number of carbonyl (C=O) groups is 3. The number of ether oxygens (including phenoxy) is 3. The molecule has 0 aliphatic rings. The van der Waals surface area contributed by atoms with Crippen LogP contribution in [0.4, 0.5) is 0 Å². The number of hydrogen-bond donors (Lipinski definition) is 0. The zero-order valence-corrected chi connectivity index (χ0v) is 39.6. The van der Waals surface area contributed by atoms with Gasteiger partial charge in [-0.15, -0.1) is 0 Å². The molecule has 0 fully saturated rings. The van der Waals surface area contributed by atoms with Gasteiger partial charge in [-0.1, -0.05) is 213 Å². The van der Waals surface area contributed by atoms with Gasteiger partial charge in [0, 0.05) is 19.3 Å². The first-order valence-corrected chi connectivity index (χ1v) is 24.7. The zero-order chi connectivity index (χ0) is 45.1. The molecule has 6 heteroatoms. The van der Waals surface area contributed by atoms with Gasteiger partial charge in [-0.25, -0.2) is 0 Å². The fraction of sp³-hybridized carbons (Fsp3) is 0.589. The summed E-state index contributed by atoms with van der Waals surface area (Å²) in [6.45, 7) is 6.26. The first kappa shape index (κ1) is 57.8. The summed E-state index contributed by atoms with van der Waals surface area (Å²) in [4.78, 5) is 37.9. The second-order valence-corrected chi connectivity index (χ2v) is 15.8. The quantitative estimate of drug-likeness (QED) is 0.0200. The number of rotatable bonds is 42. The van der Waals surface area contributed by atoms with Gasteiger partial charge in [0.2, 0.25) is 0 Å². The lowest BCUT2D eigenvalue weighted by atomic mass is 10.1. The van der Waals surface area contributed by atoms with E-state index < -0.39 is 6.10 Å². The van der Waals surface area contributed by atoms with Crippen LogP contribution in [0, 0.1) is 0 Å². The van der Waals surface area contributed by atoms with E-state index in [1.807, 2.05) is 66.8 Å². The van der Waals surface area contributed by atoms with Gasteiger partial charge in [-0.05, 0) is 83.5 Å². The molecule has 0 saturated heterocycles. The van der Waals surface area contributed by atoms with Gasteiger partial charge in [0.1, 0.15) is 13.2 Å². The third-order valence-corrected chi connectivity index (χ3v) is 9.90. The number of esters is 3. The summed E-state index contributed by atoms with van der Waals surface area (Å²) < 4.78 is 16.7. The molecule has 0 saturated carbocycles. The predicted octanol–water partition coefficient (Wildman–Crippen LogP) is 16.1. The Labute approximate surface area is 380 Å². The summed E-state index contributed by atoms with van der Waals surface area (Å²) >= 11 is 0. The van der Waals surface area contributed by atoms with Gasteiger partial charge in [-0.2, -0.15) is 0 Å². The van der Waals surface area contributed by atoms with Crippen LogP contribution in [-0.2, 0) is 28.6 Å². The lowest BCUT2D eigenvalue weighted by Gasteiger charge is -2.18. The highest BCUT2D eigenvalue weighted by molar-refractivity contribution is 5.71. The highest BCUT2D eigenvalue weighted by Gasteiger charge is 2.19. The molecule has 62 heavy (non-hydrogen) atoms. The Bertz CT molecular complexity index is 1350. The summed E-state index contributed by atoms with van der Waals surface area (Å²) in [6.07, 6.45) is 67.5. The molecule has 0 aromatic carbocycles. The van der Waals surface area contributed by atoms with Crippen molar-refractivity contribution in [3.05, 3.63) is 122 Å². The monoisotopic (exact) mass is 857 g/mol. The van der Waals surface area contributed by atoms with E-state index in [9.17, 15) is 14.4 Å². The van der Waals surface area contributed by atoms with Crippen molar-refractivity contribution in [2.75, 3.05) is 13.2 Å². The van der Waals surface area contributed by atoms with Crippen molar-refractivity contribution in [1.29, 1.82) is 0 Å². The Morgan fingerprint density at radius 1 is 0.339 bits per heavy atom. The van der Waals surface area contributed by atoms with Crippen molar-refractivity contribution in [2.24, 2.45) is 0 Å². The standard InChI is InChI=1S/C56H88O6/c1-4-7-10-13-16-19-22-25-27-28-29-32-34-37-40-43-46-49-55(58)61-52-53(51-60-54(57)48-45-42-39-36-33-30-24-21-18-15-12-9-6-3)62-56(59)50-47-44-41-38-35-31-26-23-20-17-14-11-8-5-2/h7,9-10,12-13,15-16,18-19,21-22,24-25,27-29,31-32,34-35,53H,4-6,8,11,14,17,20,23,26,30,33,36-52H2,1-3H3/b10-7+,12-9+,16-13+,18-15+,22-19+,24-21+,27-25+,29-28+,34-32+,35-31+. The van der Waals surface area contributed by atoms with Gasteiger partial charge >= 0.3 is 17.9 Å². The highest BCUT2D eigenvalue weighted by atomic mass is 16.6. The minimum Gasteiger partial charge on any atom is -0.462 e. The maximum absolute atomic E-state index is 12.8. The van der Waals surface area contributed by atoms with Crippen LogP contribution in [0.25, 0.3) is 0 Å². The van der Waals surface area contributed by atoms with Crippen LogP contribution in [0.3, 0.4) is 0 Å². The van der Waals surface area contributed by atoms with Crippen molar-refractivity contribution in [3.63, 3.8) is 0 Å². The van der Waals surface area contributed by atoms with E-state index in [0.29, 0.717) is 12.8 Å². The van der Waals surface area contributed by atoms with Crippen LogP contribution < -0.4 is 0 Å². The number of allylic oxidation sites excluding steroid dienone is 20. The molecule has 0 aliphatic carbocycles. The molecule has 0 spiro atoms. The van der Waals surface area contributed by atoms with Crippen molar-refractivity contribution < 1.29 is 28.6 Å². The third-order valence-electron chi connectivity index (χ3n) is 9.90. The number of carbonyl (C=O) groups excluding carboxylic acids is 3. The summed E-state index contributed by atoms with van der Waals surface area (Å²) in [5, 5.41) is 0. The van der Waals surface area contributed by atoms with Crippen LogP contribution in [0.2, 0.25) is 0 Å². The van der Waals surface area contributed by atoms with Crippen LogP contribution in [0.5, 0.6) is 0 Å². The normalized spacial score (nSPS) is 13.1. The molecule has 0 aromatic rings. The first-order chi connectivity index (χ1) is 30.5. The average molecular weight is 857 g/mol. The fourth-order valence-electron chi connectivity index (χ4n) is 6.23. The van der Waals surface area contributed by atoms with E-state index in [1.54, 1.807) is 0 Å². The van der Waals surface area contributed by atoms with Crippen molar-refractivity contribution in [1.82, 2.24) is 0 Å². The lowest BCUT2D eigenvalue weighted by molar-refractivity contribution is -0.167. The molecule has 0 aromatic heterocycles. The summed E-state index contributed by atoms with van der Waals surface area (Å²) in [6, 6.07) is 0. The van der Waals surface area contributed by atoms with Gasteiger partial charge < -0.3 is 14.2 Å². The SMILES string of the molecule is CC/C=C/C=C/C=C/C=C/C=C/C=C/CCCCCC(=O)OCC(COC(=O)CCCCCCC/C=C/C=C/C=C/CC)OC(=O)CCCCC/C=C/CCCCCCCCC. The molecule has 0 N–H and O–H groups in total. The molecule has 0 heterocycles. The largest absolute Gasteiger partial charge is 0.462 e. The molecule has 348 valence electrons. The number of unbranched alkanes of at least 4 members (excludes halogenated alkanes) is 18. The lowest BCUT2D eigenvalue weighted by Crippen LogP contribution is -2.30. The molecular formula is C56H88O6. The van der Waals surface area contributed by atoms with Gasteiger partial charge in [0.25, 0.3) is 0 Å². The molecule has 0 aliphatic heterocycles. The van der Waals surface area contributed by atoms with E-state index in [1.165, 1.54) is 44.9 Å². The van der Waals surface area contributed by atoms with E-state index in [-0.39, 0.29) is 37.5 Å². The zero-order valence-electron chi connectivity index (χ0n) is 39.6. The molecule has 6 nitrogen and oxygen atoms in total. The first-order valence-electron chi connectivity index (χ1n) is 24.7. The Kier molecular flexibility index (Phi) is 46.1. The Morgan fingerprint density at radius 2 is 0.645 bits per heavy atom. The van der Waals surface area contributed by atoms with Crippen LogP contribution in [0.15, 0.2) is 122 Å². The summed E-state index contributed by atoms with van der Waals surface area (Å²) in [5.41, 5.74) is 0. The smallest absolute Gasteiger partial charge is 0.306 e. The topological polar surface area (TPSA) is 78.9 Å². The van der Waals surface area contributed by atoms with Crippen molar-refractivity contribution in [2.45, 2.75) is 200 Å². The molecule has 1 unspecified atom stereocenters. The summed E-state index contributed by atoms with van der Waals surface area (Å²) in [5.74, 6) is -1.00. The van der Waals surface area contributed by atoms with Gasteiger partial charge in [-0.3, -0.25) is 14.4 Å². The van der Waals surface area contributed by atoms with Gasteiger partial charge in [0.05, 0.1) is 0 Å². The third kappa shape index (κ3) is 46.9. The minimum absolute atomic E-state index is 0.113. The maximum atomic E-state index is 12.8. The molecule has 0 radical (unpaired) electrons. The van der Waals surface area contributed by atoms with Gasteiger partial charge in [0.15, 0.2) is 6.10 Å². The van der Waals surface area contributed by atoms with E-state index in [4.69, 9.17) is 14.2 Å². The Morgan fingerprint density at radius 3 is 1.05 bits per heavy atom. The molecule has 1 atom stereocenters. The maximum Gasteiger partial charge on any atom is 0.306 e. The Hall–Kier alpha value is -4.19. The molecule has 0 amide bonds. The van der Waals surface area contributed by atoms with E-state index in [2.05, 4.69) is 75.5 Å². The van der Waals surface area contributed by atoms with Crippen LogP contribution in [-0.4, -0.2) is 37.2 Å².